The van der Waals surface area contributed by atoms with Crippen molar-refractivity contribution in [3.8, 4) is 23.0 Å². The van der Waals surface area contributed by atoms with Crippen LogP contribution in [0.4, 0.5) is 0 Å². The van der Waals surface area contributed by atoms with E-state index in [0.29, 0.717) is 71.3 Å². The Morgan fingerprint density at radius 3 is 1.20 bits per heavy atom. The molecule has 0 saturated heterocycles. The molecule has 4 aromatic carbocycles. The van der Waals surface area contributed by atoms with E-state index >= 15 is 0 Å². The minimum atomic E-state index is -0.497. The average molecular weight is 681 g/mol. The van der Waals surface area contributed by atoms with Gasteiger partial charge in [-0.1, -0.05) is 75.9 Å². The first-order valence-electron chi connectivity index (χ1n) is 17.5. The molecule has 0 bridgehead atoms. The van der Waals surface area contributed by atoms with Crippen molar-refractivity contribution in [1.82, 2.24) is 0 Å². The lowest BCUT2D eigenvalue weighted by Gasteiger charge is -2.12. The smallest absolute Gasteiger partial charge is 0.343 e. The molecule has 0 amide bonds. The lowest BCUT2D eigenvalue weighted by molar-refractivity contribution is 0.0723. The second-order valence-corrected chi connectivity index (χ2v) is 11.7. The Morgan fingerprint density at radius 2 is 0.820 bits per heavy atom. The Labute approximate surface area is 295 Å². The van der Waals surface area contributed by atoms with E-state index in [0.717, 1.165) is 64.2 Å². The highest BCUT2D eigenvalue weighted by molar-refractivity contribution is 6.00. The Kier molecular flexibility index (Phi) is 16.3. The first-order valence-corrected chi connectivity index (χ1v) is 17.5. The van der Waals surface area contributed by atoms with E-state index < -0.39 is 11.9 Å². The summed E-state index contributed by atoms with van der Waals surface area (Å²) in [4.78, 5) is 26.1. The van der Waals surface area contributed by atoms with Crippen molar-refractivity contribution < 1.29 is 38.0 Å². The van der Waals surface area contributed by atoms with Crippen molar-refractivity contribution in [3.05, 3.63) is 122 Å². The summed E-state index contributed by atoms with van der Waals surface area (Å²) in [7, 11) is 0. The molecule has 0 aromatic heterocycles. The minimum absolute atomic E-state index is 0.366. The normalized spacial score (nSPS) is 10.6. The predicted octanol–water partition coefficient (Wildman–Crippen LogP) is 10.3. The standard InChI is InChI=1S/C42H48O8/c1-3-45-29-13-7-5-9-15-31-47-35-23-19-33(20-24-35)41(43)49-39-27-28-40(38-18-12-11-17-37(38)39)50-42(44)34-21-25-36(26-22-34)48-32-16-10-6-8-14-30-46-4-2/h3-4,11-12,17-28H,1-2,5-10,13-16,29-32H2. The molecule has 8 heteroatoms. The van der Waals surface area contributed by atoms with Gasteiger partial charge in [0.1, 0.15) is 23.0 Å². The summed E-state index contributed by atoms with van der Waals surface area (Å²) in [5.41, 5.74) is 0.799. The molecular weight excluding hydrogens is 632 g/mol. The second kappa shape index (κ2) is 21.7. The fourth-order valence-corrected chi connectivity index (χ4v) is 5.30. The van der Waals surface area contributed by atoms with E-state index in [1.54, 1.807) is 60.7 Å². The summed E-state index contributed by atoms with van der Waals surface area (Å²) in [6.07, 6.45) is 13.6. The van der Waals surface area contributed by atoms with E-state index in [-0.39, 0.29) is 0 Å². The SMILES string of the molecule is C=COCCCCCCCOc1ccc(C(=O)Oc2ccc(OC(=O)c3ccc(OCCCCCCCOC=C)cc3)c3ccccc23)cc1. The quantitative estimate of drug-likeness (QED) is 0.0313. The number of esters is 2. The number of unbranched alkanes of at least 4 members (excludes halogenated alkanes) is 8. The van der Waals surface area contributed by atoms with Crippen molar-refractivity contribution >= 4 is 22.7 Å². The fourth-order valence-electron chi connectivity index (χ4n) is 5.30. The first-order chi connectivity index (χ1) is 24.6. The van der Waals surface area contributed by atoms with Gasteiger partial charge in [0.05, 0.1) is 50.1 Å². The Hall–Kier alpha value is -5.24. The van der Waals surface area contributed by atoms with Crippen LogP contribution in [0.25, 0.3) is 10.8 Å². The third-order valence-electron chi connectivity index (χ3n) is 8.02. The van der Waals surface area contributed by atoms with Gasteiger partial charge in [-0.2, -0.15) is 0 Å². The molecule has 0 fully saturated rings. The molecule has 0 N–H and O–H groups in total. The molecule has 264 valence electrons. The monoisotopic (exact) mass is 680 g/mol. The lowest BCUT2D eigenvalue weighted by atomic mass is 10.1. The summed E-state index contributed by atoms with van der Waals surface area (Å²) >= 11 is 0. The zero-order valence-electron chi connectivity index (χ0n) is 28.8. The van der Waals surface area contributed by atoms with Gasteiger partial charge in [0, 0.05) is 10.8 Å². The first kappa shape index (κ1) is 37.6. The van der Waals surface area contributed by atoms with Crippen LogP contribution in [-0.2, 0) is 9.47 Å². The topological polar surface area (TPSA) is 89.5 Å². The number of hydrogen-bond donors (Lipinski definition) is 0. The molecule has 0 heterocycles. The average Bonchev–Trinajstić information content (AvgIpc) is 3.15. The highest BCUT2D eigenvalue weighted by Gasteiger charge is 2.16. The maximum Gasteiger partial charge on any atom is 0.343 e. The Bertz CT molecular complexity index is 1510. The van der Waals surface area contributed by atoms with Crippen LogP contribution in [0.2, 0.25) is 0 Å². The van der Waals surface area contributed by atoms with Gasteiger partial charge in [-0.15, -0.1) is 0 Å². The molecule has 0 aliphatic rings. The van der Waals surface area contributed by atoms with Crippen molar-refractivity contribution in [3.63, 3.8) is 0 Å². The Balaban J connectivity index is 1.24. The van der Waals surface area contributed by atoms with Crippen LogP contribution in [0.15, 0.2) is 111 Å². The molecule has 0 unspecified atom stereocenters. The largest absolute Gasteiger partial charge is 0.502 e. The maximum atomic E-state index is 13.0. The molecule has 0 aliphatic heterocycles. The molecule has 0 radical (unpaired) electrons. The van der Waals surface area contributed by atoms with E-state index in [1.165, 1.54) is 12.5 Å². The van der Waals surface area contributed by atoms with Gasteiger partial charge < -0.3 is 28.4 Å². The van der Waals surface area contributed by atoms with Gasteiger partial charge >= 0.3 is 11.9 Å². The number of hydrogen-bond acceptors (Lipinski definition) is 8. The summed E-state index contributed by atoms with van der Waals surface area (Å²) < 4.78 is 33.5. The van der Waals surface area contributed by atoms with Crippen LogP contribution in [0.3, 0.4) is 0 Å². The van der Waals surface area contributed by atoms with Crippen LogP contribution in [0.5, 0.6) is 23.0 Å². The second-order valence-electron chi connectivity index (χ2n) is 11.7. The molecular formula is C42H48O8. The van der Waals surface area contributed by atoms with E-state index in [1.807, 2.05) is 24.3 Å². The van der Waals surface area contributed by atoms with Crippen LogP contribution in [0, 0.1) is 0 Å². The van der Waals surface area contributed by atoms with Gasteiger partial charge in [0.2, 0.25) is 0 Å². The molecule has 0 saturated carbocycles. The molecule has 0 spiro atoms. The Morgan fingerprint density at radius 1 is 0.460 bits per heavy atom. The summed E-state index contributed by atoms with van der Waals surface area (Å²) in [5, 5.41) is 1.29. The maximum absolute atomic E-state index is 13.0. The summed E-state index contributed by atoms with van der Waals surface area (Å²) in [5.74, 6) is 1.14. The highest BCUT2D eigenvalue weighted by Crippen LogP contribution is 2.34. The predicted molar refractivity (Wildman–Crippen MR) is 196 cm³/mol. The lowest BCUT2D eigenvalue weighted by Crippen LogP contribution is -2.10. The number of carbonyl (C=O) groups is 2. The highest BCUT2D eigenvalue weighted by atomic mass is 16.5. The number of rotatable bonds is 24. The molecule has 50 heavy (non-hydrogen) atoms. The van der Waals surface area contributed by atoms with Crippen molar-refractivity contribution in [2.24, 2.45) is 0 Å². The fraction of sp³-hybridized carbons (Fsp3) is 0.333. The van der Waals surface area contributed by atoms with E-state index in [4.69, 9.17) is 28.4 Å². The molecule has 0 atom stereocenters. The van der Waals surface area contributed by atoms with Gasteiger partial charge in [0.25, 0.3) is 0 Å². The zero-order chi connectivity index (χ0) is 35.2. The molecule has 8 nitrogen and oxygen atoms in total. The van der Waals surface area contributed by atoms with E-state index in [9.17, 15) is 9.59 Å². The molecule has 4 rings (SSSR count). The third kappa shape index (κ3) is 12.7. The zero-order valence-corrected chi connectivity index (χ0v) is 28.8. The number of ether oxygens (including phenoxy) is 6. The minimum Gasteiger partial charge on any atom is -0.502 e. The van der Waals surface area contributed by atoms with Gasteiger partial charge in [0.15, 0.2) is 0 Å². The summed E-state index contributed by atoms with van der Waals surface area (Å²) in [6.45, 7) is 9.75. The van der Waals surface area contributed by atoms with Crippen LogP contribution < -0.4 is 18.9 Å². The number of fused-ring (bicyclic) bond motifs is 1. The van der Waals surface area contributed by atoms with E-state index in [2.05, 4.69) is 13.2 Å². The van der Waals surface area contributed by atoms with Crippen molar-refractivity contribution in [1.29, 1.82) is 0 Å². The summed E-state index contributed by atoms with van der Waals surface area (Å²) in [6, 6.07) is 24.5. The third-order valence-corrected chi connectivity index (χ3v) is 8.02. The molecule has 0 aliphatic carbocycles. The number of carbonyl (C=O) groups excluding carboxylic acids is 2. The number of benzene rings is 4. The molecule has 4 aromatic rings. The van der Waals surface area contributed by atoms with Crippen molar-refractivity contribution in [2.45, 2.75) is 64.2 Å². The van der Waals surface area contributed by atoms with Crippen LogP contribution >= 0.6 is 0 Å². The van der Waals surface area contributed by atoms with Gasteiger partial charge in [-0.05, 0) is 86.3 Å². The van der Waals surface area contributed by atoms with Gasteiger partial charge in [-0.3, -0.25) is 0 Å². The van der Waals surface area contributed by atoms with Crippen LogP contribution in [-0.4, -0.2) is 38.4 Å². The van der Waals surface area contributed by atoms with Crippen LogP contribution in [0.1, 0.15) is 84.9 Å². The van der Waals surface area contributed by atoms with Gasteiger partial charge in [-0.25, -0.2) is 9.59 Å². The van der Waals surface area contributed by atoms with Crippen molar-refractivity contribution in [2.75, 3.05) is 26.4 Å².